The van der Waals surface area contributed by atoms with Gasteiger partial charge in [0.1, 0.15) is 5.82 Å². The topological polar surface area (TPSA) is 56.6 Å². The van der Waals surface area contributed by atoms with E-state index in [4.69, 9.17) is 0 Å². The largest absolute Gasteiger partial charge is 0.395 e. The molecule has 0 spiro atoms. The predicted octanol–water partition coefficient (Wildman–Crippen LogP) is 2.08. The van der Waals surface area contributed by atoms with Crippen molar-refractivity contribution in [2.24, 2.45) is 0 Å². The Morgan fingerprint density at radius 2 is 2.00 bits per heavy atom. The van der Waals surface area contributed by atoms with Gasteiger partial charge in [0.2, 0.25) is 0 Å². The highest BCUT2D eigenvalue weighted by molar-refractivity contribution is 5.92. The number of nitrogens with zero attached hydrogens (tertiary/aromatic N) is 2. The van der Waals surface area contributed by atoms with E-state index >= 15 is 0 Å². The fraction of sp³-hybridized carbons (Fsp3) is 0.438. The Hall–Kier alpha value is -1.65. The van der Waals surface area contributed by atoms with Crippen LogP contribution in [0.4, 0.5) is 5.82 Å². The van der Waals surface area contributed by atoms with Gasteiger partial charge >= 0.3 is 0 Å². The van der Waals surface area contributed by atoms with Crippen molar-refractivity contribution >= 4 is 16.6 Å². The average molecular weight is 272 g/mol. The SMILES string of the molecule is OCCN(c1nc(CO)cc2ccccc12)C1CCC1. The molecular weight excluding hydrogens is 252 g/mol. The number of pyridine rings is 1. The van der Waals surface area contributed by atoms with Gasteiger partial charge in [-0.25, -0.2) is 4.98 Å². The lowest BCUT2D eigenvalue weighted by Crippen LogP contribution is -2.42. The molecule has 20 heavy (non-hydrogen) atoms. The molecule has 0 unspecified atom stereocenters. The maximum atomic E-state index is 9.41. The molecule has 1 saturated carbocycles. The number of hydrogen-bond acceptors (Lipinski definition) is 4. The summed E-state index contributed by atoms with van der Waals surface area (Å²) in [5.41, 5.74) is 0.681. The molecule has 4 heteroatoms. The molecule has 1 aromatic carbocycles. The number of aliphatic hydroxyl groups excluding tert-OH is 2. The van der Waals surface area contributed by atoms with Crippen LogP contribution in [0.3, 0.4) is 0 Å². The normalized spacial score (nSPS) is 15.3. The lowest BCUT2D eigenvalue weighted by molar-refractivity contribution is 0.275. The molecule has 0 radical (unpaired) electrons. The number of aromatic nitrogens is 1. The maximum Gasteiger partial charge on any atom is 0.137 e. The van der Waals surface area contributed by atoms with Crippen molar-refractivity contribution in [1.29, 1.82) is 0 Å². The number of anilines is 1. The van der Waals surface area contributed by atoms with E-state index in [2.05, 4.69) is 16.0 Å². The average Bonchev–Trinajstić information content (AvgIpc) is 2.43. The molecule has 1 aliphatic rings. The molecule has 4 nitrogen and oxygen atoms in total. The molecule has 3 rings (SSSR count). The first-order chi connectivity index (χ1) is 9.83. The van der Waals surface area contributed by atoms with E-state index in [1.165, 1.54) is 6.42 Å². The summed E-state index contributed by atoms with van der Waals surface area (Å²) in [6.45, 7) is 0.655. The minimum atomic E-state index is -0.0601. The number of rotatable bonds is 5. The molecule has 0 saturated heterocycles. The molecule has 2 N–H and O–H groups in total. The van der Waals surface area contributed by atoms with Gasteiger partial charge in [-0.3, -0.25) is 0 Å². The van der Waals surface area contributed by atoms with Gasteiger partial charge in [-0.2, -0.15) is 0 Å². The van der Waals surface area contributed by atoms with E-state index in [0.717, 1.165) is 29.4 Å². The van der Waals surface area contributed by atoms with Crippen molar-refractivity contribution in [3.8, 4) is 0 Å². The summed E-state index contributed by atoms with van der Waals surface area (Å²) in [6.07, 6.45) is 3.54. The van der Waals surface area contributed by atoms with Crippen LogP contribution < -0.4 is 4.90 Å². The minimum absolute atomic E-state index is 0.0601. The highest BCUT2D eigenvalue weighted by atomic mass is 16.3. The third-order valence-corrected chi connectivity index (χ3v) is 4.06. The smallest absolute Gasteiger partial charge is 0.137 e. The van der Waals surface area contributed by atoms with E-state index in [0.29, 0.717) is 18.3 Å². The van der Waals surface area contributed by atoms with E-state index in [9.17, 15) is 10.2 Å². The van der Waals surface area contributed by atoms with Crippen molar-refractivity contribution < 1.29 is 10.2 Å². The Morgan fingerprint density at radius 1 is 1.20 bits per heavy atom. The van der Waals surface area contributed by atoms with Crippen LogP contribution in [0.15, 0.2) is 30.3 Å². The quantitative estimate of drug-likeness (QED) is 0.875. The summed E-state index contributed by atoms with van der Waals surface area (Å²) in [4.78, 5) is 6.81. The molecule has 2 aromatic rings. The molecule has 1 aromatic heterocycles. The van der Waals surface area contributed by atoms with Crippen molar-refractivity contribution in [3.63, 3.8) is 0 Å². The zero-order chi connectivity index (χ0) is 13.9. The number of benzene rings is 1. The second kappa shape index (κ2) is 5.77. The highest BCUT2D eigenvalue weighted by Crippen LogP contribution is 2.33. The van der Waals surface area contributed by atoms with Crippen LogP contribution in [0.5, 0.6) is 0 Å². The second-order valence-corrected chi connectivity index (χ2v) is 5.32. The molecule has 1 fully saturated rings. The van der Waals surface area contributed by atoms with Crippen LogP contribution in [-0.4, -0.2) is 34.4 Å². The third-order valence-electron chi connectivity index (χ3n) is 4.06. The van der Waals surface area contributed by atoms with Crippen LogP contribution >= 0.6 is 0 Å². The summed E-state index contributed by atoms with van der Waals surface area (Å²) < 4.78 is 0. The van der Waals surface area contributed by atoms with E-state index < -0.39 is 0 Å². The van der Waals surface area contributed by atoms with Crippen LogP contribution in [0.25, 0.3) is 10.8 Å². The molecule has 1 aliphatic carbocycles. The van der Waals surface area contributed by atoms with Crippen molar-refractivity contribution in [3.05, 3.63) is 36.0 Å². The first-order valence-electron chi connectivity index (χ1n) is 7.20. The highest BCUT2D eigenvalue weighted by Gasteiger charge is 2.27. The molecule has 1 heterocycles. The lowest BCUT2D eigenvalue weighted by atomic mass is 9.91. The molecule has 106 valence electrons. The van der Waals surface area contributed by atoms with Crippen LogP contribution in [-0.2, 0) is 6.61 Å². The summed E-state index contributed by atoms with van der Waals surface area (Å²) in [5.74, 6) is 0.894. The van der Waals surface area contributed by atoms with Gasteiger partial charge in [-0.15, -0.1) is 0 Å². The summed E-state index contributed by atoms with van der Waals surface area (Å²) >= 11 is 0. The van der Waals surface area contributed by atoms with Gasteiger partial charge in [0.15, 0.2) is 0 Å². The zero-order valence-electron chi connectivity index (χ0n) is 11.5. The fourth-order valence-electron chi connectivity index (χ4n) is 2.80. The van der Waals surface area contributed by atoms with Gasteiger partial charge < -0.3 is 15.1 Å². The van der Waals surface area contributed by atoms with Crippen molar-refractivity contribution in [2.75, 3.05) is 18.1 Å². The Balaban J connectivity index is 2.11. The molecule has 0 aliphatic heterocycles. The third kappa shape index (κ3) is 2.37. The molecule has 0 atom stereocenters. The Labute approximate surface area is 118 Å². The van der Waals surface area contributed by atoms with E-state index in [1.54, 1.807) is 0 Å². The van der Waals surface area contributed by atoms with Crippen LogP contribution in [0.2, 0.25) is 0 Å². The first-order valence-corrected chi connectivity index (χ1v) is 7.20. The van der Waals surface area contributed by atoms with E-state index in [1.807, 2.05) is 24.3 Å². The fourth-order valence-corrected chi connectivity index (χ4v) is 2.80. The van der Waals surface area contributed by atoms with Gasteiger partial charge in [0, 0.05) is 18.0 Å². The standard InChI is InChI=1S/C16H20N2O2/c19-9-8-18(14-5-3-6-14)16-15-7-2-1-4-12(15)10-13(11-20)17-16/h1-2,4,7,10,14,19-20H,3,5-6,8-9,11H2. The number of aliphatic hydroxyl groups is 2. The predicted molar refractivity (Wildman–Crippen MR) is 79.7 cm³/mol. The Bertz CT molecular complexity index is 596. The lowest BCUT2D eigenvalue weighted by Gasteiger charge is -2.38. The van der Waals surface area contributed by atoms with Crippen LogP contribution in [0.1, 0.15) is 25.0 Å². The van der Waals surface area contributed by atoms with Gasteiger partial charge in [-0.1, -0.05) is 24.3 Å². The minimum Gasteiger partial charge on any atom is -0.395 e. The van der Waals surface area contributed by atoms with Gasteiger partial charge in [-0.05, 0) is 30.7 Å². The van der Waals surface area contributed by atoms with Crippen LogP contribution in [0, 0.1) is 0 Å². The van der Waals surface area contributed by atoms with Crippen molar-refractivity contribution in [1.82, 2.24) is 4.98 Å². The summed E-state index contributed by atoms with van der Waals surface area (Å²) in [7, 11) is 0. The maximum absolute atomic E-state index is 9.41. The molecule has 0 bridgehead atoms. The number of hydrogen-bond donors (Lipinski definition) is 2. The Kier molecular flexibility index (Phi) is 3.85. The summed E-state index contributed by atoms with van der Waals surface area (Å²) in [5, 5.41) is 20.9. The van der Waals surface area contributed by atoms with Crippen molar-refractivity contribution in [2.45, 2.75) is 31.9 Å². The second-order valence-electron chi connectivity index (χ2n) is 5.32. The monoisotopic (exact) mass is 272 g/mol. The van der Waals surface area contributed by atoms with Gasteiger partial charge in [0.25, 0.3) is 0 Å². The molecule has 0 amide bonds. The summed E-state index contributed by atoms with van der Waals surface area (Å²) in [6, 6.07) is 10.5. The van der Waals surface area contributed by atoms with E-state index in [-0.39, 0.29) is 13.2 Å². The molecular formula is C16H20N2O2. The number of fused-ring (bicyclic) bond motifs is 1. The zero-order valence-corrected chi connectivity index (χ0v) is 11.5. The Morgan fingerprint density at radius 3 is 2.65 bits per heavy atom. The van der Waals surface area contributed by atoms with Gasteiger partial charge in [0.05, 0.1) is 18.9 Å². The first kappa shape index (κ1) is 13.3.